The van der Waals surface area contributed by atoms with Crippen LogP contribution >= 0.6 is 0 Å². The first-order chi connectivity index (χ1) is 18.4. The van der Waals surface area contributed by atoms with Gasteiger partial charge < -0.3 is 19.3 Å². The molecule has 1 aliphatic carbocycles. The van der Waals surface area contributed by atoms with E-state index >= 15 is 4.39 Å². The van der Waals surface area contributed by atoms with Gasteiger partial charge in [-0.15, -0.1) is 0 Å². The van der Waals surface area contributed by atoms with Crippen molar-refractivity contribution in [2.24, 2.45) is 10.8 Å². The molecule has 0 radical (unpaired) electrons. The highest BCUT2D eigenvalue weighted by molar-refractivity contribution is 5.71. The summed E-state index contributed by atoms with van der Waals surface area (Å²) in [5.41, 5.74) is 3.76. The number of carboxylic acids is 1. The van der Waals surface area contributed by atoms with Gasteiger partial charge in [-0.1, -0.05) is 52.0 Å². The first-order valence-electron chi connectivity index (χ1n) is 13.4. The molecule has 0 amide bonds. The second-order valence-electron chi connectivity index (χ2n) is 11.9. The molecular weight excluding hydrogens is 495 g/mol. The molecule has 1 saturated carbocycles. The Kier molecular flexibility index (Phi) is 8.36. The standard InChI is InChI=1S/C33H39FO5/c1-32(2,3)31(38-6)27-16-21(10-12-25(27)26-18-23(37-5)11-13-29(26)34)20-39-24-9-7-8-22(17-24)28(19-30(35)36)33(4)14-15-33/h7-13,16-18,28,31H,14-15,19-20H2,1-6H3,(H,35,36)/t28-,31-/m0/s1. The molecule has 1 aliphatic rings. The van der Waals surface area contributed by atoms with Crippen LogP contribution in [0, 0.1) is 16.6 Å². The Morgan fingerprint density at radius 3 is 2.36 bits per heavy atom. The number of ether oxygens (including phenoxy) is 3. The lowest BCUT2D eigenvalue weighted by Crippen LogP contribution is -2.21. The number of benzene rings is 3. The summed E-state index contributed by atoms with van der Waals surface area (Å²) in [6.45, 7) is 8.74. The van der Waals surface area contributed by atoms with Gasteiger partial charge in [0, 0.05) is 12.7 Å². The average molecular weight is 535 g/mol. The fourth-order valence-corrected chi connectivity index (χ4v) is 5.42. The maximum atomic E-state index is 15.0. The summed E-state index contributed by atoms with van der Waals surface area (Å²) in [6, 6.07) is 18.4. The Morgan fingerprint density at radius 2 is 1.74 bits per heavy atom. The molecule has 0 spiro atoms. The van der Waals surface area contributed by atoms with Crippen molar-refractivity contribution in [3.05, 3.63) is 83.2 Å². The monoisotopic (exact) mass is 534 g/mol. The van der Waals surface area contributed by atoms with Crippen LogP contribution in [0.1, 0.15) is 75.7 Å². The zero-order valence-electron chi connectivity index (χ0n) is 23.7. The van der Waals surface area contributed by atoms with E-state index in [2.05, 4.69) is 27.7 Å². The zero-order chi connectivity index (χ0) is 28.4. The zero-order valence-corrected chi connectivity index (χ0v) is 23.7. The SMILES string of the molecule is COc1ccc(F)c(-c2ccc(COc3cccc([C@H](CC(=O)O)C4(C)CC4)c3)cc2[C@H](OC)C(C)(C)C)c1. The lowest BCUT2D eigenvalue weighted by molar-refractivity contribution is -0.137. The number of rotatable bonds is 11. The normalized spacial score (nSPS) is 15.9. The predicted molar refractivity (Wildman–Crippen MR) is 151 cm³/mol. The maximum absolute atomic E-state index is 15.0. The van der Waals surface area contributed by atoms with Crippen molar-refractivity contribution in [1.29, 1.82) is 0 Å². The van der Waals surface area contributed by atoms with Crippen molar-refractivity contribution < 1.29 is 28.5 Å². The largest absolute Gasteiger partial charge is 0.497 e. The van der Waals surface area contributed by atoms with Gasteiger partial charge in [-0.05, 0) is 88.2 Å². The molecule has 0 heterocycles. The Morgan fingerprint density at radius 1 is 1.00 bits per heavy atom. The minimum absolute atomic E-state index is 0.0270. The van der Waals surface area contributed by atoms with Gasteiger partial charge in [-0.3, -0.25) is 4.79 Å². The van der Waals surface area contributed by atoms with E-state index in [4.69, 9.17) is 14.2 Å². The van der Waals surface area contributed by atoms with E-state index < -0.39 is 5.97 Å². The second-order valence-corrected chi connectivity index (χ2v) is 11.9. The van der Waals surface area contributed by atoms with E-state index in [9.17, 15) is 9.90 Å². The molecule has 0 saturated heterocycles. The summed E-state index contributed by atoms with van der Waals surface area (Å²) in [7, 11) is 3.24. The van der Waals surface area contributed by atoms with Crippen molar-refractivity contribution >= 4 is 5.97 Å². The van der Waals surface area contributed by atoms with Crippen LogP contribution in [0.15, 0.2) is 60.7 Å². The van der Waals surface area contributed by atoms with E-state index in [1.807, 2.05) is 42.5 Å². The van der Waals surface area contributed by atoms with Crippen molar-refractivity contribution in [2.75, 3.05) is 14.2 Å². The molecule has 3 aromatic rings. The van der Waals surface area contributed by atoms with Crippen molar-refractivity contribution in [1.82, 2.24) is 0 Å². The fraction of sp³-hybridized carbons (Fsp3) is 0.424. The van der Waals surface area contributed by atoms with Crippen LogP contribution in [0.2, 0.25) is 0 Å². The highest BCUT2D eigenvalue weighted by Crippen LogP contribution is 2.57. The second kappa shape index (κ2) is 11.4. The number of hydrogen-bond donors (Lipinski definition) is 1. The molecule has 2 atom stereocenters. The third kappa shape index (κ3) is 6.62. The van der Waals surface area contributed by atoms with Gasteiger partial charge >= 0.3 is 5.97 Å². The van der Waals surface area contributed by atoms with Crippen molar-refractivity contribution in [3.8, 4) is 22.6 Å². The van der Waals surface area contributed by atoms with Gasteiger partial charge in [-0.25, -0.2) is 4.39 Å². The minimum Gasteiger partial charge on any atom is -0.497 e. The molecule has 5 nitrogen and oxygen atoms in total. The van der Waals surface area contributed by atoms with E-state index in [0.29, 0.717) is 23.7 Å². The van der Waals surface area contributed by atoms with Crippen LogP contribution in [-0.2, 0) is 16.1 Å². The molecule has 3 aromatic carbocycles. The average Bonchev–Trinajstić information content (AvgIpc) is 3.64. The summed E-state index contributed by atoms with van der Waals surface area (Å²) >= 11 is 0. The summed E-state index contributed by atoms with van der Waals surface area (Å²) < 4.78 is 32.5. The maximum Gasteiger partial charge on any atom is 0.303 e. The number of aliphatic carboxylic acids is 1. The predicted octanol–water partition coefficient (Wildman–Crippen LogP) is 8.17. The molecule has 6 heteroatoms. The Bertz CT molecular complexity index is 1320. The van der Waals surface area contributed by atoms with Gasteiger partial charge in [0.15, 0.2) is 0 Å². The molecule has 0 unspecified atom stereocenters. The fourth-order valence-electron chi connectivity index (χ4n) is 5.42. The van der Waals surface area contributed by atoms with Crippen molar-refractivity contribution in [2.45, 2.75) is 65.6 Å². The third-order valence-electron chi connectivity index (χ3n) is 7.81. The Hall–Kier alpha value is -3.38. The molecular formula is C33H39FO5. The third-order valence-corrected chi connectivity index (χ3v) is 7.81. The topological polar surface area (TPSA) is 65.0 Å². The number of carboxylic acid groups (broad SMARTS) is 1. The highest BCUT2D eigenvalue weighted by atomic mass is 19.1. The van der Waals surface area contributed by atoms with Crippen LogP contribution < -0.4 is 9.47 Å². The van der Waals surface area contributed by atoms with Gasteiger partial charge in [0.1, 0.15) is 23.9 Å². The van der Waals surface area contributed by atoms with Crippen LogP contribution in [0.3, 0.4) is 0 Å². The number of methoxy groups -OCH3 is 2. The molecule has 0 aromatic heterocycles. The lowest BCUT2D eigenvalue weighted by atomic mass is 9.81. The Balaban J connectivity index is 1.65. The molecule has 39 heavy (non-hydrogen) atoms. The van der Waals surface area contributed by atoms with Crippen LogP contribution in [0.4, 0.5) is 4.39 Å². The van der Waals surface area contributed by atoms with Crippen molar-refractivity contribution in [3.63, 3.8) is 0 Å². The molecule has 1 fully saturated rings. The van der Waals surface area contributed by atoms with Gasteiger partial charge in [0.2, 0.25) is 0 Å². The van der Waals surface area contributed by atoms with Crippen LogP contribution in [0.25, 0.3) is 11.1 Å². The molecule has 1 N–H and O–H groups in total. The molecule has 4 rings (SSSR count). The summed E-state index contributed by atoms with van der Waals surface area (Å²) in [4.78, 5) is 11.6. The van der Waals surface area contributed by atoms with Gasteiger partial charge in [-0.2, -0.15) is 0 Å². The number of carbonyl (C=O) groups is 1. The minimum atomic E-state index is -0.786. The molecule has 208 valence electrons. The van der Waals surface area contributed by atoms with Crippen LogP contribution in [0.5, 0.6) is 11.5 Å². The first kappa shape index (κ1) is 28.6. The summed E-state index contributed by atoms with van der Waals surface area (Å²) in [5.74, 6) is 0.107. The highest BCUT2D eigenvalue weighted by Gasteiger charge is 2.46. The van der Waals surface area contributed by atoms with E-state index in [-0.39, 0.29) is 35.1 Å². The number of hydrogen-bond acceptors (Lipinski definition) is 4. The molecule has 0 aliphatic heterocycles. The Labute approximate surface area is 230 Å². The van der Waals surface area contributed by atoms with Gasteiger partial charge in [0.05, 0.1) is 19.6 Å². The number of halogens is 1. The lowest BCUT2D eigenvalue weighted by Gasteiger charge is -2.32. The van der Waals surface area contributed by atoms with E-state index in [1.54, 1.807) is 26.4 Å². The smallest absolute Gasteiger partial charge is 0.303 e. The summed E-state index contributed by atoms with van der Waals surface area (Å²) in [6.07, 6.45) is 1.88. The first-order valence-corrected chi connectivity index (χ1v) is 13.4. The van der Waals surface area contributed by atoms with Crippen LogP contribution in [-0.4, -0.2) is 25.3 Å². The van der Waals surface area contributed by atoms with E-state index in [1.165, 1.54) is 6.07 Å². The quantitative estimate of drug-likeness (QED) is 0.269. The van der Waals surface area contributed by atoms with Gasteiger partial charge in [0.25, 0.3) is 0 Å². The summed E-state index contributed by atoms with van der Waals surface area (Å²) in [5, 5.41) is 9.49. The van der Waals surface area contributed by atoms with E-state index in [0.717, 1.165) is 35.1 Å². The molecule has 0 bridgehead atoms.